The molecule has 5 heteroatoms. The number of para-hydroxylation sites is 2. The molecule has 1 amide bonds. The van der Waals surface area contributed by atoms with Crippen LogP contribution in [0.15, 0.2) is 72.8 Å². The van der Waals surface area contributed by atoms with E-state index in [1.165, 1.54) is 11.0 Å². The summed E-state index contributed by atoms with van der Waals surface area (Å²) >= 11 is 0. The summed E-state index contributed by atoms with van der Waals surface area (Å²) in [5, 5.41) is 1.03. The summed E-state index contributed by atoms with van der Waals surface area (Å²) in [6.45, 7) is 1.56. The summed E-state index contributed by atoms with van der Waals surface area (Å²) < 4.78 is 5.22. The Bertz CT molecular complexity index is 983. The van der Waals surface area contributed by atoms with Crippen molar-refractivity contribution in [3.05, 3.63) is 78.5 Å². The number of nitrogens with zero attached hydrogens (tertiary/aromatic N) is 2. The van der Waals surface area contributed by atoms with Gasteiger partial charge in [0.05, 0.1) is 11.2 Å². The number of esters is 1. The van der Waals surface area contributed by atoms with Crippen molar-refractivity contribution in [2.75, 3.05) is 11.9 Å². The summed E-state index contributed by atoms with van der Waals surface area (Å²) in [7, 11) is 1.65. The molecule has 0 aliphatic rings. The molecule has 0 saturated heterocycles. The minimum Gasteiger partial charge on any atom is -0.449 e. The van der Waals surface area contributed by atoms with Crippen LogP contribution in [0.3, 0.4) is 0 Å². The highest BCUT2D eigenvalue weighted by Gasteiger charge is 2.21. The predicted octanol–water partition coefficient (Wildman–Crippen LogP) is 3.84. The van der Waals surface area contributed by atoms with E-state index in [0.29, 0.717) is 5.69 Å². The molecule has 27 heavy (non-hydrogen) atoms. The average molecular weight is 360 g/mol. The van der Waals surface area contributed by atoms with Gasteiger partial charge in [-0.15, -0.1) is 0 Å². The van der Waals surface area contributed by atoms with Crippen LogP contribution in [0.5, 0.6) is 0 Å². The third-order valence-electron chi connectivity index (χ3n) is 4.12. The van der Waals surface area contributed by atoms with Crippen molar-refractivity contribution < 1.29 is 14.3 Å². The number of anilines is 1. The number of aromatic nitrogens is 1. The highest BCUT2D eigenvalue weighted by atomic mass is 16.5. The number of ether oxygens (including phenoxy) is 1. The van der Waals surface area contributed by atoms with E-state index in [-0.39, 0.29) is 5.91 Å². The molecule has 0 aliphatic carbocycles. The molecule has 0 N–H and O–H groups in total. The Hall–Kier alpha value is -3.47. The van der Waals surface area contributed by atoms with E-state index >= 15 is 0 Å². The van der Waals surface area contributed by atoms with Gasteiger partial charge in [0.2, 0.25) is 0 Å². The molecule has 0 aliphatic heterocycles. The number of hydrogen-bond acceptors (Lipinski definition) is 4. The number of amides is 1. The molecule has 2 aromatic carbocycles. The van der Waals surface area contributed by atoms with E-state index in [1.807, 2.05) is 66.7 Å². The quantitative estimate of drug-likeness (QED) is 0.512. The van der Waals surface area contributed by atoms with Gasteiger partial charge in [-0.2, -0.15) is 0 Å². The maximum atomic E-state index is 12.4. The second-order valence-corrected chi connectivity index (χ2v) is 6.07. The lowest BCUT2D eigenvalue weighted by atomic mass is 10.2. The maximum absolute atomic E-state index is 12.4. The molecule has 5 nitrogen and oxygen atoms in total. The molecule has 3 rings (SSSR count). The first-order valence-corrected chi connectivity index (χ1v) is 8.62. The third kappa shape index (κ3) is 4.58. The van der Waals surface area contributed by atoms with Crippen molar-refractivity contribution in [2.24, 2.45) is 0 Å². The summed E-state index contributed by atoms with van der Waals surface area (Å²) in [5.74, 6) is -0.890. The molecule has 0 unspecified atom stereocenters. The van der Waals surface area contributed by atoms with Crippen LogP contribution < -0.4 is 4.90 Å². The fraction of sp³-hybridized carbons (Fsp3) is 0.136. The van der Waals surface area contributed by atoms with Crippen molar-refractivity contribution in [3.8, 4) is 0 Å². The summed E-state index contributed by atoms with van der Waals surface area (Å²) in [6, 6.07) is 20.7. The zero-order valence-corrected chi connectivity index (χ0v) is 15.2. The normalized spacial score (nSPS) is 12.1. The molecule has 0 spiro atoms. The number of carbonyl (C=O) groups excluding carboxylic acids is 2. The standard InChI is InChI=1S/C22H20N2O3/c1-16(22(26)24(2)19-9-4-3-5-10-19)27-21(25)15-14-18-13-12-17-8-6-7-11-20(17)23-18/h3-16H,1-2H3/b15-14+/t16-/m1/s1. The minimum atomic E-state index is -0.892. The van der Waals surface area contributed by atoms with E-state index < -0.39 is 12.1 Å². The van der Waals surface area contributed by atoms with Crippen LogP contribution >= 0.6 is 0 Å². The van der Waals surface area contributed by atoms with Crippen molar-refractivity contribution in [2.45, 2.75) is 13.0 Å². The number of fused-ring (bicyclic) bond motifs is 1. The molecule has 0 bridgehead atoms. The van der Waals surface area contributed by atoms with Crippen LogP contribution in [0, 0.1) is 0 Å². The molecule has 0 fully saturated rings. The highest BCUT2D eigenvalue weighted by molar-refractivity contribution is 5.98. The van der Waals surface area contributed by atoms with Crippen molar-refractivity contribution >= 4 is 34.5 Å². The zero-order chi connectivity index (χ0) is 19.2. The van der Waals surface area contributed by atoms with Crippen molar-refractivity contribution in [1.82, 2.24) is 4.98 Å². The highest BCUT2D eigenvalue weighted by Crippen LogP contribution is 2.14. The Kier molecular flexibility index (Phi) is 5.61. The lowest BCUT2D eigenvalue weighted by Gasteiger charge is -2.21. The molecule has 0 saturated carbocycles. The first-order valence-electron chi connectivity index (χ1n) is 8.62. The molecule has 1 aromatic heterocycles. The Morgan fingerprint density at radius 2 is 1.70 bits per heavy atom. The summed E-state index contributed by atoms with van der Waals surface area (Å²) in [6.07, 6.45) is 1.97. The summed E-state index contributed by atoms with van der Waals surface area (Å²) in [4.78, 5) is 30.4. The molecule has 136 valence electrons. The van der Waals surface area contributed by atoms with E-state index in [1.54, 1.807) is 20.0 Å². The molecular weight excluding hydrogens is 340 g/mol. The zero-order valence-electron chi connectivity index (χ0n) is 15.2. The fourth-order valence-corrected chi connectivity index (χ4v) is 2.64. The number of likely N-dealkylation sites (N-methyl/N-ethyl adjacent to an activating group) is 1. The van der Waals surface area contributed by atoms with E-state index in [9.17, 15) is 9.59 Å². The van der Waals surface area contributed by atoms with Crippen molar-refractivity contribution in [1.29, 1.82) is 0 Å². The fourth-order valence-electron chi connectivity index (χ4n) is 2.64. The van der Waals surface area contributed by atoms with Gasteiger partial charge in [0, 0.05) is 24.2 Å². The SMILES string of the molecule is C[C@@H](OC(=O)/C=C/c1ccc2ccccc2n1)C(=O)N(C)c1ccccc1. The van der Waals surface area contributed by atoms with Gasteiger partial charge in [-0.05, 0) is 37.3 Å². The van der Waals surface area contributed by atoms with Gasteiger partial charge >= 0.3 is 5.97 Å². The number of rotatable bonds is 5. The van der Waals surface area contributed by atoms with E-state index in [0.717, 1.165) is 16.6 Å². The number of hydrogen-bond donors (Lipinski definition) is 0. The van der Waals surface area contributed by atoms with Gasteiger partial charge in [0.15, 0.2) is 6.10 Å². The lowest BCUT2D eigenvalue weighted by Crippen LogP contribution is -2.37. The lowest BCUT2D eigenvalue weighted by molar-refractivity contribution is -0.148. The number of carbonyl (C=O) groups is 2. The predicted molar refractivity (Wildman–Crippen MR) is 106 cm³/mol. The number of pyridine rings is 1. The van der Waals surface area contributed by atoms with Gasteiger partial charge in [-0.25, -0.2) is 9.78 Å². The molecule has 0 radical (unpaired) electrons. The first-order chi connectivity index (χ1) is 13.0. The van der Waals surface area contributed by atoms with Crippen LogP contribution in [-0.2, 0) is 14.3 Å². The molecule has 3 aromatic rings. The minimum absolute atomic E-state index is 0.299. The molecule has 1 atom stereocenters. The van der Waals surface area contributed by atoms with Gasteiger partial charge in [0.25, 0.3) is 5.91 Å². The largest absolute Gasteiger partial charge is 0.449 e. The van der Waals surface area contributed by atoms with Crippen LogP contribution in [0.25, 0.3) is 17.0 Å². The average Bonchev–Trinajstić information content (AvgIpc) is 2.71. The second kappa shape index (κ2) is 8.27. The Morgan fingerprint density at radius 1 is 1.00 bits per heavy atom. The Balaban J connectivity index is 1.62. The van der Waals surface area contributed by atoms with Gasteiger partial charge < -0.3 is 9.64 Å². The van der Waals surface area contributed by atoms with Crippen molar-refractivity contribution in [3.63, 3.8) is 0 Å². The van der Waals surface area contributed by atoms with Crippen LogP contribution in [0.2, 0.25) is 0 Å². The van der Waals surface area contributed by atoms with Crippen LogP contribution in [0.1, 0.15) is 12.6 Å². The molecular formula is C22H20N2O3. The van der Waals surface area contributed by atoms with Crippen LogP contribution in [-0.4, -0.2) is 30.0 Å². The van der Waals surface area contributed by atoms with Gasteiger partial charge in [-0.1, -0.05) is 42.5 Å². The van der Waals surface area contributed by atoms with Crippen LogP contribution in [0.4, 0.5) is 5.69 Å². The van der Waals surface area contributed by atoms with E-state index in [2.05, 4.69) is 4.98 Å². The maximum Gasteiger partial charge on any atom is 0.331 e. The van der Waals surface area contributed by atoms with Gasteiger partial charge in [-0.3, -0.25) is 4.79 Å². The van der Waals surface area contributed by atoms with E-state index in [4.69, 9.17) is 4.74 Å². The first kappa shape index (κ1) is 18.3. The topological polar surface area (TPSA) is 59.5 Å². The monoisotopic (exact) mass is 360 g/mol. The smallest absolute Gasteiger partial charge is 0.331 e. The Morgan fingerprint density at radius 3 is 2.48 bits per heavy atom. The Labute approximate surface area is 157 Å². The molecule has 1 heterocycles. The summed E-state index contributed by atoms with van der Waals surface area (Å²) in [5.41, 5.74) is 2.23. The third-order valence-corrected chi connectivity index (χ3v) is 4.12. The second-order valence-electron chi connectivity index (χ2n) is 6.07. The number of benzene rings is 2. The van der Waals surface area contributed by atoms with Gasteiger partial charge in [0.1, 0.15) is 0 Å².